The second-order valence-electron chi connectivity index (χ2n) is 5.25. The van der Waals surface area contributed by atoms with Gasteiger partial charge in [-0.1, -0.05) is 55.5 Å². The third-order valence-electron chi connectivity index (χ3n) is 3.64. The predicted octanol–water partition coefficient (Wildman–Crippen LogP) is 2.50. The molecule has 1 amide bonds. The number of nitrogens with one attached hydrogen (secondary N) is 1. The summed E-state index contributed by atoms with van der Waals surface area (Å²) < 4.78 is 27.3. The number of hydrogen-bond donors (Lipinski definition) is 1. The summed E-state index contributed by atoms with van der Waals surface area (Å²) in [6.07, 6.45) is 0. The molecule has 128 valence electrons. The zero-order valence-corrected chi connectivity index (χ0v) is 14.7. The van der Waals surface area contributed by atoms with Crippen molar-refractivity contribution in [3.05, 3.63) is 54.6 Å². The molecule has 5 nitrogen and oxygen atoms in total. The molecule has 0 saturated heterocycles. The lowest BCUT2D eigenvalue weighted by Crippen LogP contribution is -2.40. The van der Waals surface area contributed by atoms with Crippen LogP contribution >= 0.6 is 0 Å². The second-order valence-corrected chi connectivity index (χ2v) is 7.15. The topological polar surface area (TPSA) is 66.5 Å². The zero-order chi connectivity index (χ0) is 17.6. The van der Waals surface area contributed by atoms with Crippen LogP contribution in [0, 0.1) is 0 Å². The van der Waals surface area contributed by atoms with E-state index in [-0.39, 0.29) is 23.9 Å². The van der Waals surface area contributed by atoms with Crippen LogP contribution in [-0.4, -0.2) is 38.3 Å². The molecule has 0 aliphatic rings. The molecule has 6 heteroatoms. The summed E-state index contributed by atoms with van der Waals surface area (Å²) in [6.45, 7) is 4.03. The molecule has 1 N–H and O–H groups in total. The summed E-state index contributed by atoms with van der Waals surface area (Å²) in [7, 11) is -3.77. The van der Waals surface area contributed by atoms with E-state index in [9.17, 15) is 13.2 Å². The third kappa shape index (κ3) is 4.01. The maximum absolute atomic E-state index is 13.0. The number of amides is 1. The number of carbonyl (C=O) groups excluding carboxylic acids is 1. The van der Waals surface area contributed by atoms with Crippen molar-refractivity contribution in [2.45, 2.75) is 18.7 Å². The molecule has 0 atom stereocenters. The number of sulfonamides is 1. The number of benzene rings is 2. The van der Waals surface area contributed by atoms with Crippen LogP contribution in [0.15, 0.2) is 59.5 Å². The minimum absolute atomic E-state index is 0.185. The molecule has 0 heterocycles. The van der Waals surface area contributed by atoms with E-state index >= 15 is 0 Å². The maximum atomic E-state index is 13.0. The molecular formula is C18H22N2O3S. The molecule has 24 heavy (non-hydrogen) atoms. The third-order valence-corrected chi connectivity index (χ3v) is 5.62. The SMILES string of the molecule is CCNC(=O)CN(CC)S(=O)(=O)c1ccccc1-c1ccccc1. The highest BCUT2D eigenvalue weighted by atomic mass is 32.2. The molecule has 2 aromatic carbocycles. The van der Waals surface area contributed by atoms with Crippen LogP contribution in [0.5, 0.6) is 0 Å². The van der Waals surface area contributed by atoms with Gasteiger partial charge < -0.3 is 5.32 Å². The molecule has 2 aromatic rings. The number of rotatable bonds is 7. The maximum Gasteiger partial charge on any atom is 0.244 e. The predicted molar refractivity (Wildman–Crippen MR) is 95.0 cm³/mol. The Hall–Kier alpha value is -2.18. The first-order valence-corrected chi connectivity index (χ1v) is 9.36. The number of likely N-dealkylation sites (N-methyl/N-ethyl adjacent to an activating group) is 2. The molecule has 0 fully saturated rings. The summed E-state index contributed by atoms with van der Waals surface area (Å²) in [5.74, 6) is -0.305. The average molecular weight is 346 g/mol. The van der Waals surface area contributed by atoms with Crippen LogP contribution in [0.2, 0.25) is 0 Å². The van der Waals surface area contributed by atoms with Crippen LogP contribution in [0.4, 0.5) is 0 Å². The van der Waals surface area contributed by atoms with Gasteiger partial charge in [-0.3, -0.25) is 4.79 Å². The quantitative estimate of drug-likeness (QED) is 0.838. The summed E-state index contributed by atoms with van der Waals surface area (Å²) >= 11 is 0. The minimum Gasteiger partial charge on any atom is -0.355 e. The Balaban J connectivity index is 2.44. The van der Waals surface area contributed by atoms with E-state index in [4.69, 9.17) is 0 Å². The Labute approximate surface area is 143 Å². The average Bonchev–Trinajstić information content (AvgIpc) is 2.60. The number of nitrogens with zero attached hydrogens (tertiary/aromatic N) is 1. The molecule has 0 radical (unpaired) electrons. The van der Waals surface area contributed by atoms with Gasteiger partial charge in [-0.05, 0) is 18.6 Å². The molecule has 0 unspecified atom stereocenters. The van der Waals surface area contributed by atoms with Crippen LogP contribution < -0.4 is 5.32 Å². The first-order valence-electron chi connectivity index (χ1n) is 7.92. The van der Waals surface area contributed by atoms with Gasteiger partial charge >= 0.3 is 0 Å². The van der Waals surface area contributed by atoms with Crippen LogP contribution in [-0.2, 0) is 14.8 Å². The van der Waals surface area contributed by atoms with E-state index in [2.05, 4.69) is 5.32 Å². The monoisotopic (exact) mass is 346 g/mol. The van der Waals surface area contributed by atoms with Crippen molar-refractivity contribution in [3.8, 4) is 11.1 Å². The first kappa shape index (κ1) is 18.2. The first-order chi connectivity index (χ1) is 11.5. The Morgan fingerprint density at radius 3 is 2.25 bits per heavy atom. The highest BCUT2D eigenvalue weighted by Gasteiger charge is 2.27. The summed E-state index contributed by atoms with van der Waals surface area (Å²) in [5.41, 5.74) is 1.46. The van der Waals surface area contributed by atoms with E-state index in [1.54, 1.807) is 38.1 Å². The summed E-state index contributed by atoms with van der Waals surface area (Å²) in [5, 5.41) is 2.64. The van der Waals surface area contributed by atoms with Gasteiger partial charge in [0.1, 0.15) is 0 Å². The fourth-order valence-corrected chi connectivity index (χ4v) is 4.09. The normalized spacial score (nSPS) is 11.5. The lowest BCUT2D eigenvalue weighted by Gasteiger charge is -2.21. The van der Waals surface area contributed by atoms with Crippen LogP contribution in [0.1, 0.15) is 13.8 Å². The van der Waals surface area contributed by atoms with Gasteiger partial charge in [-0.15, -0.1) is 0 Å². The van der Waals surface area contributed by atoms with Crippen LogP contribution in [0.25, 0.3) is 11.1 Å². The van der Waals surface area contributed by atoms with E-state index < -0.39 is 10.0 Å². The summed E-state index contributed by atoms with van der Waals surface area (Å²) in [4.78, 5) is 12.0. The van der Waals surface area contributed by atoms with Gasteiger partial charge in [0, 0.05) is 18.7 Å². The molecule has 0 bridgehead atoms. The second kappa shape index (κ2) is 8.08. The van der Waals surface area contributed by atoms with Gasteiger partial charge in [-0.25, -0.2) is 8.42 Å². The molecule has 0 aromatic heterocycles. The Morgan fingerprint density at radius 2 is 1.62 bits per heavy atom. The van der Waals surface area contributed by atoms with E-state index in [0.717, 1.165) is 5.56 Å². The lowest BCUT2D eigenvalue weighted by atomic mass is 10.1. The van der Waals surface area contributed by atoms with Gasteiger partial charge in [0.25, 0.3) is 0 Å². The van der Waals surface area contributed by atoms with E-state index in [1.165, 1.54) is 4.31 Å². The highest BCUT2D eigenvalue weighted by molar-refractivity contribution is 7.89. The number of hydrogen-bond acceptors (Lipinski definition) is 3. The van der Waals surface area contributed by atoms with Crippen molar-refractivity contribution < 1.29 is 13.2 Å². The van der Waals surface area contributed by atoms with Crippen molar-refractivity contribution in [2.75, 3.05) is 19.6 Å². The lowest BCUT2D eigenvalue weighted by molar-refractivity contribution is -0.121. The molecule has 0 aliphatic carbocycles. The fourth-order valence-electron chi connectivity index (χ4n) is 2.47. The summed E-state index contributed by atoms with van der Waals surface area (Å²) in [6, 6.07) is 16.2. The highest BCUT2D eigenvalue weighted by Crippen LogP contribution is 2.29. The molecule has 0 spiro atoms. The molecule has 0 saturated carbocycles. The minimum atomic E-state index is -3.77. The van der Waals surface area contributed by atoms with Gasteiger partial charge in [-0.2, -0.15) is 4.31 Å². The zero-order valence-electron chi connectivity index (χ0n) is 13.9. The Kier molecular flexibility index (Phi) is 6.11. The standard InChI is InChI=1S/C18H22N2O3S/c1-3-19-18(21)14-20(4-2)24(22,23)17-13-9-8-12-16(17)15-10-6-5-7-11-15/h5-13H,3-4,14H2,1-2H3,(H,19,21). The van der Waals surface area contributed by atoms with Crippen LogP contribution in [0.3, 0.4) is 0 Å². The molecule has 0 aliphatic heterocycles. The Morgan fingerprint density at radius 1 is 1.00 bits per heavy atom. The van der Waals surface area contributed by atoms with E-state index in [0.29, 0.717) is 12.1 Å². The van der Waals surface area contributed by atoms with Gasteiger partial charge in [0.05, 0.1) is 11.4 Å². The van der Waals surface area contributed by atoms with Crippen molar-refractivity contribution in [1.82, 2.24) is 9.62 Å². The largest absolute Gasteiger partial charge is 0.355 e. The molecular weight excluding hydrogens is 324 g/mol. The number of carbonyl (C=O) groups is 1. The van der Waals surface area contributed by atoms with Crippen molar-refractivity contribution in [3.63, 3.8) is 0 Å². The van der Waals surface area contributed by atoms with Gasteiger partial charge in [0.15, 0.2) is 0 Å². The van der Waals surface area contributed by atoms with Crippen molar-refractivity contribution in [1.29, 1.82) is 0 Å². The smallest absolute Gasteiger partial charge is 0.244 e. The van der Waals surface area contributed by atoms with E-state index in [1.807, 2.05) is 30.3 Å². The fraction of sp³-hybridized carbons (Fsp3) is 0.278. The Bertz CT molecular complexity index is 789. The van der Waals surface area contributed by atoms with Gasteiger partial charge in [0.2, 0.25) is 15.9 Å². The molecule has 2 rings (SSSR count). The van der Waals surface area contributed by atoms with Crippen molar-refractivity contribution in [2.24, 2.45) is 0 Å². The van der Waals surface area contributed by atoms with Crippen molar-refractivity contribution >= 4 is 15.9 Å².